The largest absolute Gasteiger partial charge is 0.489 e. The molecule has 1 N–H and O–H groups in total. The first-order chi connectivity index (χ1) is 11.8. The molecule has 0 aliphatic heterocycles. The minimum atomic E-state index is 0.0785. The van der Waals surface area contributed by atoms with Gasteiger partial charge in [0.2, 0.25) is 5.91 Å². The van der Waals surface area contributed by atoms with E-state index in [0.717, 1.165) is 18.5 Å². The Morgan fingerprint density at radius 3 is 2.60 bits per heavy atom. The predicted molar refractivity (Wildman–Crippen MR) is 117 cm³/mol. The number of hydrogen-bond acceptors (Lipinski definition) is 3. The van der Waals surface area contributed by atoms with Crippen molar-refractivity contribution >= 4 is 57.3 Å². The fraction of sp³-hybridized carbons (Fsp3) is 0.579. The zero-order valence-electron chi connectivity index (χ0n) is 14.8. The van der Waals surface area contributed by atoms with Crippen molar-refractivity contribution in [2.75, 3.05) is 0 Å². The molecule has 3 rings (SSSR count). The van der Waals surface area contributed by atoms with Crippen molar-refractivity contribution in [2.45, 2.75) is 52.6 Å². The van der Waals surface area contributed by atoms with Crippen molar-refractivity contribution in [3.05, 3.63) is 24.8 Å². The third-order valence-electron chi connectivity index (χ3n) is 5.38. The lowest BCUT2D eigenvalue weighted by atomic mass is 9.90. The minimum Gasteiger partial charge on any atom is -0.489 e. The minimum absolute atomic E-state index is 0.0785. The van der Waals surface area contributed by atoms with Crippen LogP contribution in [0.2, 0.25) is 0 Å². The number of benzene rings is 1. The number of nitrogens with one attached hydrogen (secondary N) is 1. The van der Waals surface area contributed by atoms with E-state index in [2.05, 4.69) is 62.6 Å². The summed E-state index contributed by atoms with van der Waals surface area (Å²) in [6.07, 6.45) is 6.73. The molecule has 1 aromatic carbocycles. The van der Waals surface area contributed by atoms with Gasteiger partial charge in [0.05, 0.1) is 19.5 Å². The maximum Gasteiger partial charge on any atom is 0.244 e. The van der Waals surface area contributed by atoms with Crippen LogP contribution in [0.1, 0.15) is 52.0 Å². The number of fused-ring (bicyclic) bond motifs is 1. The van der Waals surface area contributed by atoms with Crippen LogP contribution in [-0.2, 0) is 4.79 Å². The highest BCUT2D eigenvalue weighted by Crippen LogP contribution is 2.66. The zero-order valence-corrected chi connectivity index (χ0v) is 19.1. The number of amides is 1. The number of ether oxygens (including phenoxy) is 1. The highest BCUT2D eigenvalue weighted by atomic mass is 127. The molecule has 6 heteroatoms. The Morgan fingerprint density at radius 2 is 2.04 bits per heavy atom. The maximum absolute atomic E-state index is 12.4. The number of hydrazone groups is 1. The second kappa shape index (κ2) is 7.70. The summed E-state index contributed by atoms with van der Waals surface area (Å²) in [6, 6.07) is 4.04. The molecule has 2 aliphatic carbocycles. The summed E-state index contributed by atoms with van der Waals surface area (Å²) in [5.74, 6) is 1.70. The van der Waals surface area contributed by atoms with Gasteiger partial charge in [-0.1, -0.05) is 19.8 Å². The van der Waals surface area contributed by atoms with Crippen LogP contribution in [0.25, 0.3) is 0 Å². The summed E-state index contributed by atoms with van der Waals surface area (Å²) in [6.45, 7) is 6.29. The number of nitrogens with zero attached hydrogens (tertiary/aromatic N) is 1. The summed E-state index contributed by atoms with van der Waals surface area (Å²) >= 11 is 4.55. The van der Waals surface area contributed by atoms with Crippen molar-refractivity contribution < 1.29 is 9.53 Å². The number of halogens is 2. The van der Waals surface area contributed by atoms with Crippen LogP contribution in [0.5, 0.6) is 5.75 Å². The molecule has 0 heterocycles. The Bertz CT molecular complexity index is 682. The fourth-order valence-electron chi connectivity index (χ4n) is 4.09. The molecule has 0 aromatic heterocycles. The van der Waals surface area contributed by atoms with Gasteiger partial charge in [-0.3, -0.25) is 4.79 Å². The second-order valence-electron chi connectivity index (χ2n) is 7.55. The van der Waals surface area contributed by atoms with Gasteiger partial charge in [-0.2, -0.15) is 5.10 Å². The summed E-state index contributed by atoms with van der Waals surface area (Å²) in [5, 5.41) is 4.19. The van der Waals surface area contributed by atoms with Crippen molar-refractivity contribution in [3.63, 3.8) is 0 Å². The average molecular weight is 566 g/mol. The van der Waals surface area contributed by atoms with E-state index >= 15 is 0 Å². The molecule has 3 atom stereocenters. The van der Waals surface area contributed by atoms with E-state index in [1.54, 1.807) is 6.21 Å². The quantitative estimate of drug-likeness (QED) is 0.312. The molecule has 4 nitrogen and oxygen atoms in total. The van der Waals surface area contributed by atoms with Crippen molar-refractivity contribution in [1.82, 2.24) is 5.43 Å². The molecule has 0 bridgehead atoms. The van der Waals surface area contributed by atoms with E-state index in [0.29, 0.717) is 5.92 Å². The lowest BCUT2D eigenvalue weighted by Crippen LogP contribution is -2.22. The summed E-state index contributed by atoms with van der Waals surface area (Å²) in [5.41, 5.74) is 3.94. The Kier molecular flexibility index (Phi) is 5.97. The highest BCUT2D eigenvalue weighted by molar-refractivity contribution is 14.1. The van der Waals surface area contributed by atoms with Crippen LogP contribution in [-0.4, -0.2) is 18.2 Å². The van der Waals surface area contributed by atoms with E-state index < -0.39 is 0 Å². The van der Waals surface area contributed by atoms with Gasteiger partial charge in [0.1, 0.15) is 5.75 Å². The molecule has 136 valence electrons. The van der Waals surface area contributed by atoms with E-state index in [1.807, 2.05) is 26.0 Å². The SMILES string of the molecule is CC(C)Oc1c(I)cc(/C=N\NC(=O)[C@@H]2[C@H]3CCCC[C@]32C)cc1I. The first-order valence-corrected chi connectivity index (χ1v) is 11.0. The summed E-state index contributed by atoms with van der Waals surface area (Å²) in [7, 11) is 0. The van der Waals surface area contributed by atoms with Gasteiger partial charge in [-0.25, -0.2) is 5.43 Å². The smallest absolute Gasteiger partial charge is 0.244 e. The monoisotopic (exact) mass is 566 g/mol. The van der Waals surface area contributed by atoms with Gasteiger partial charge in [0.15, 0.2) is 0 Å². The second-order valence-corrected chi connectivity index (χ2v) is 9.87. The molecular formula is C19H24I2N2O2. The average Bonchev–Trinajstić information content (AvgIpc) is 3.16. The lowest BCUT2D eigenvalue weighted by Gasteiger charge is -2.15. The normalized spacial score (nSPS) is 28.1. The number of hydrogen-bond donors (Lipinski definition) is 1. The van der Waals surface area contributed by atoms with Crippen LogP contribution in [0.4, 0.5) is 0 Å². The van der Waals surface area contributed by atoms with Gasteiger partial charge in [-0.05, 0) is 101 Å². The molecule has 0 unspecified atom stereocenters. The molecule has 1 amide bonds. The van der Waals surface area contributed by atoms with E-state index in [-0.39, 0.29) is 23.3 Å². The zero-order chi connectivity index (χ0) is 18.2. The molecule has 25 heavy (non-hydrogen) atoms. The Labute approximate surface area is 176 Å². The first kappa shape index (κ1) is 19.4. The maximum atomic E-state index is 12.4. The van der Waals surface area contributed by atoms with E-state index in [9.17, 15) is 4.79 Å². The highest BCUT2D eigenvalue weighted by Gasteiger charge is 2.64. The fourth-order valence-corrected chi connectivity index (χ4v) is 6.16. The first-order valence-electron chi connectivity index (χ1n) is 8.81. The molecule has 1 aromatic rings. The van der Waals surface area contributed by atoms with Gasteiger partial charge >= 0.3 is 0 Å². The number of rotatable bonds is 5. The number of carbonyl (C=O) groups is 1. The Morgan fingerprint density at radius 1 is 1.36 bits per heavy atom. The summed E-state index contributed by atoms with van der Waals surface area (Å²) < 4.78 is 7.94. The molecular weight excluding hydrogens is 542 g/mol. The van der Waals surface area contributed by atoms with Gasteiger partial charge in [0, 0.05) is 5.92 Å². The van der Waals surface area contributed by atoms with E-state index in [1.165, 1.54) is 25.7 Å². The predicted octanol–water partition coefficient (Wildman–Crippen LogP) is 4.96. The summed E-state index contributed by atoms with van der Waals surface area (Å²) in [4.78, 5) is 12.4. The molecule has 0 radical (unpaired) electrons. The molecule has 2 fully saturated rings. The Balaban J connectivity index is 1.62. The van der Waals surface area contributed by atoms with Crippen molar-refractivity contribution in [2.24, 2.45) is 22.4 Å². The van der Waals surface area contributed by atoms with Crippen LogP contribution < -0.4 is 10.2 Å². The van der Waals surface area contributed by atoms with Crippen LogP contribution >= 0.6 is 45.2 Å². The molecule has 2 aliphatic rings. The van der Waals surface area contributed by atoms with Crippen molar-refractivity contribution in [3.8, 4) is 5.75 Å². The third-order valence-corrected chi connectivity index (χ3v) is 6.98. The van der Waals surface area contributed by atoms with E-state index in [4.69, 9.17) is 4.74 Å². The van der Waals surface area contributed by atoms with Crippen LogP contribution in [0.3, 0.4) is 0 Å². The molecule has 0 saturated heterocycles. The molecule has 0 spiro atoms. The topological polar surface area (TPSA) is 50.7 Å². The molecule has 2 saturated carbocycles. The van der Waals surface area contributed by atoms with Gasteiger partial charge in [0.25, 0.3) is 0 Å². The number of carbonyl (C=O) groups excluding carboxylic acids is 1. The van der Waals surface area contributed by atoms with Crippen molar-refractivity contribution in [1.29, 1.82) is 0 Å². The van der Waals surface area contributed by atoms with Gasteiger partial charge in [-0.15, -0.1) is 0 Å². The third kappa shape index (κ3) is 4.14. The van der Waals surface area contributed by atoms with Gasteiger partial charge < -0.3 is 4.74 Å². The standard InChI is InChI=1S/C19H24I2N2O2/c1-11(2)25-17-14(20)8-12(9-15(17)21)10-22-23-18(24)16-13-6-4-5-7-19(13,16)3/h8-11,13,16H,4-7H2,1-3H3,(H,23,24)/b22-10-/t13-,16+,19-/m1/s1. The van der Waals surface area contributed by atoms with Crippen LogP contribution in [0.15, 0.2) is 17.2 Å². The van der Waals surface area contributed by atoms with Crippen LogP contribution in [0, 0.1) is 24.4 Å². The Hall–Kier alpha value is -0.380. The lowest BCUT2D eigenvalue weighted by molar-refractivity contribution is -0.123.